The van der Waals surface area contributed by atoms with E-state index < -0.39 is 22.2 Å². The monoisotopic (exact) mass is 439 g/mol. The number of nitrogens with one attached hydrogen (secondary N) is 1. The van der Waals surface area contributed by atoms with Crippen molar-refractivity contribution in [1.29, 1.82) is 0 Å². The van der Waals surface area contributed by atoms with Crippen molar-refractivity contribution in [2.45, 2.75) is 43.6 Å². The minimum absolute atomic E-state index is 0.0120. The molecule has 0 radical (unpaired) electrons. The molecule has 0 saturated carbocycles. The summed E-state index contributed by atoms with van der Waals surface area (Å²) in [7, 11) is -3.16. The van der Waals surface area contributed by atoms with Gasteiger partial charge >= 0.3 is 12.1 Å². The van der Waals surface area contributed by atoms with E-state index in [1.54, 1.807) is 6.20 Å². The molecule has 0 bridgehead atoms. The van der Waals surface area contributed by atoms with Crippen molar-refractivity contribution in [3.05, 3.63) is 30.1 Å². The van der Waals surface area contributed by atoms with Gasteiger partial charge in [0.05, 0.1) is 11.9 Å². The molecule has 12 heteroatoms. The summed E-state index contributed by atoms with van der Waals surface area (Å²) in [5, 5.41) is 7.12. The summed E-state index contributed by atoms with van der Waals surface area (Å²) in [5.41, 5.74) is 0.990. The summed E-state index contributed by atoms with van der Waals surface area (Å²) >= 11 is 0. The van der Waals surface area contributed by atoms with Crippen LogP contribution in [0.4, 0.5) is 13.2 Å². The average molecular weight is 439 g/mol. The normalized spacial score (nSPS) is 25.4. The van der Waals surface area contributed by atoms with Crippen LogP contribution >= 0.6 is 0 Å². The summed E-state index contributed by atoms with van der Waals surface area (Å²) < 4.78 is 63.4. The SMILES string of the molecule is CS(=O)(=O)N[C@H]1CCO[C@]2(CCN(Cc3cccnc3)C2)C1.O=C(O)C(F)(F)F. The third-order valence-corrected chi connectivity index (χ3v) is 5.40. The lowest BCUT2D eigenvalue weighted by Gasteiger charge is -2.38. The molecule has 0 aliphatic carbocycles. The Morgan fingerprint density at radius 3 is 2.72 bits per heavy atom. The van der Waals surface area contributed by atoms with Gasteiger partial charge in [0.1, 0.15) is 0 Å². The molecule has 0 unspecified atom stereocenters. The Balaban J connectivity index is 0.000000370. The van der Waals surface area contributed by atoms with Gasteiger partial charge < -0.3 is 9.84 Å². The Labute approximate surface area is 167 Å². The van der Waals surface area contributed by atoms with Crippen LogP contribution in [0.15, 0.2) is 24.5 Å². The number of nitrogens with zero attached hydrogens (tertiary/aromatic N) is 2. The Kier molecular flexibility index (Phi) is 7.60. The van der Waals surface area contributed by atoms with Crippen LogP contribution in [0, 0.1) is 0 Å². The second-order valence-corrected chi connectivity index (χ2v) is 9.02. The van der Waals surface area contributed by atoms with Gasteiger partial charge in [-0.15, -0.1) is 0 Å². The maximum atomic E-state index is 11.4. The smallest absolute Gasteiger partial charge is 0.475 e. The first kappa shape index (κ1) is 23.5. The number of ether oxygens (including phenoxy) is 1. The van der Waals surface area contributed by atoms with Crippen LogP contribution < -0.4 is 4.72 Å². The fourth-order valence-electron chi connectivity index (χ4n) is 3.53. The Morgan fingerprint density at radius 2 is 2.17 bits per heavy atom. The molecular weight excluding hydrogens is 415 g/mol. The van der Waals surface area contributed by atoms with Gasteiger partial charge in [-0.2, -0.15) is 13.2 Å². The predicted molar refractivity (Wildman–Crippen MR) is 97.5 cm³/mol. The van der Waals surface area contributed by atoms with Crippen molar-refractivity contribution >= 4 is 16.0 Å². The van der Waals surface area contributed by atoms with Crippen LogP contribution in [-0.2, 0) is 26.1 Å². The number of likely N-dealkylation sites (tertiary alicyclic amines) is 1. The maximum Gasteiger partial charge on any atom is 0.490 e. The van der Waals surface area contributed by atoms with Crippen molar-refractivity contribution in [2.24, 2.45) is 0 Å². The Hall–Kier alpha value is -1.76. The zero-order valence-electron chi connectivity index (χ0n) is 15.9. The number of carboxylic acids is 1. The molecule has 2 N–H and O–H groups in total. The molecule has 2 atom stereocenters. The third-order valence-electron chi connectivity index (χ3n) is 4.64. The van der Waals surface area contributed by atoms with Crippen LogP contribution in [0.5, 0.6) is 0 Å². The number of rotatable bonds is 4. The fourth-order valence-corrected chi connectivity index (χ4v) is 4.33. The molecule has 1 spiro atoms. The molecule has 0 amide bonds. The van der Waals surface area contributed by atoms with Crippen LogP contribution in [0.3, 0.4) is 0 Å². The minimum Gasteiger partial charge on any atom is -0.475 e. The third kappa shape index (κ3) is 7.88. The van der Waals surface area contributed by atoms with E-state index in [1.165, 1.54) is 11.8 Å². The molecule has 2 aliphatic rings. The average Bonchev–Trinajstić information content (AvgIpc) is 2.95. The lowest BCUT2D eigenvalue weighted by Crippen LogP contribution is -2.49. The van der Waals surface area contributed by atoms with Crippen molar-refractivity contribution in [3.8, 4) is 0 Å². The van der Waals surface area contributed by atoms with E-state index in [-0.39, 0.29) is 11.6 Å². The molecule has 1 aromatic heterocycles. The molecule has 3 heterocycles. The van der Waals surface area contributed by atoms with E-state index in [1.807, 2.05) is 12.3 Å². The number of halogens is 3. The highest BCUT2D eigenvalue weighted by atomic mass is 32.2. The highest BCUT2D eigenvalue weighted by Gasteiger charge is 2.43. The molecule has 2 aliphatic heterocycles. The second-order valence-electron chi connectivity index (χ2n) is 7.24. The molecule has 2 fully saturated rings. The second kappa shape index (κ2) is 9.37. The number of aliphatic carboxylic acids is 1. The molecule has 29 heavy (non-hydrogen) atoms. The van der Waals surface area contributed by atoms with Crippen LogP contribution in [-0.4, -0.2) is 73.1 Å². The van der Waals surface area contributed by atoms with E-state index in [0.717, 1.165) is 38.9 Å². The van der Waals surface area contributed by atoms with E-state index >= 15 is 0 Å². The quantitative estimate of drug-likeness (QED) is 0.730. The fraction of sp³-hybridized carbons (Fsp3) is 0.647. The van der Waals surface area contributed by atoms with Crippen LogP contribution in [0.2, 0.25) is 0 Å². The largest absolute Gasteiger partial charge is 0.490 e. The number of carbonyl (C=O) groups is 1. The standard InChI is InChI=1S/C15H23N3O3S.C2HF3O2/c1-22(19,20)17-14-4-8-21-15(9-14)5-7-18(12-15)11-13-3-2-6-16-10-13;3-2(4,5)1(6)7/h2-3,6,10,14,17H,4-5,7-9,11-12H2,1H3;(H,6,7)/t14-,15+;/m0./s1. The van der Waals surface area contributed by atoms with Gasteiger partial charge in [-0.25, -0.2) is 17.9 Å². The van der Waals surface area contributed by atoms with Gasteiger partial charge in [-0.3, -0.25) is 9.88 Å². The minimum atomic E-state index is -5.08. The van der Waals surface area contributed by atoms with Crippen molar-refractivity contribution in [1.82, 2.24) is 14.6 Å². The van der Waals surface area contributed by atoms with E-state index in [2.05, 4.69) is 20.7 Å². The predicted octanol–water partition coefficient (Wildman–Crippen LogP) is 1.39. The number of hydrogen-bond acceptors (Lipinski definition) is 6. The van der Waals surface area contributed by atoms with Gasteiger partial charge in [0, 0.05) is 44.7 Å². The van der Waals surface area contributed by atoms with E-state index in [0.29, 0.717) is 6.61 Å². The zero-order valence-corrected chi connectivity index (χ0v) is 16.7. The van der Waals surface area contributed by atoms with E-state index in [4.69, 9.17) is 14.6 Å². The number of sulfonamides is 1. The molecule has 2 saturated heterocycles. The lowest BCUT2D eigenvalue weighted by molar-refractivity contribution is -0.192. The number of carboxylic acid groups (broad SMARTS) is 1. The number of alkyl halides is 3. The first-order valence-electron chi connectivity index (χ1n) is 8.91. The maximum absolute atomic E-state index is 11.4. The van der Waals surface area contributed by atoms with Gasteiger partial charge in [-0.1, -0.05) is 6.07 Å². The van der Waals surface area contributed by atoms with Crippen LogP contribution in [0.1, 0.15) is 24.8 Å². The first-order chi connectivity index (χ1) is 13.4. The molecule has 0 aromatic carbocycles. The van der Waals surface area contributed by atoms with Gasteiger partial charge in [0.2, 0.25) is 10.0 Å². The highest BCUT2D eigenvalue weighted by molar-refractivity contribution is 7.88. The van der Waals surface area contributed by atoms with Gasteiger partial charge in [0.15, 0.2) is 0 Å². The first-order valence-corrected chi connectivity index (χ1v) is 10.8. The van der Waals surface area contributed by atoms with E-state index in [9.17, 15) is 21.6 Å². The van der Waals surface area contributed by atoms with Crippen molar-refractivity contribution < 1.29 is 36.2 Å². The summed E-state index contributed by atoms with van der Waals surface area (Å²) in [5.74, 6) is -2.76. The number of pyridine rings is 1. The topological polar surface area (TPSA) is 109 Å². The van der Waals surface area contributed by atoms with Gasteiger partial charge in [0.25, 0.3) is 0 Å². The lowest BCUT2D eigenvalue weighted by atomic mass is 9.90. The van der Waals surface area contributed by atoms with Gasteiger partial charge in [-0.05, 0) is 30.9 Å². The summed E-state index contributed by atoms with van der Waals surface area (Å²) in [6.45, 7) is 3.31. The summed E-state index contributed by atoms with van der Waals surface area (Å²) in [6, 6.07) is 4.01. The summed E-state index contributed by atoms with van der Waals surface area (Å²) in [4.78, 5) is 15.4. The molecular formula is C17H24F3N3O5S. The Morgan fingerprint density at radius 1 is 1.48 bits per heavy atom. The van der Waals surface area contributed by atoms with Crippen molar-refractivity contribution in [3.63, 3.8) is 0 Å². The molecule has 8 nitrogen and oxygen atoms in total. The highest BCUT2D eigenvalue weighted by Crippen LogP contribution is 2.35. The summed E-state index contributed by atoms with van der Waals surface area (Å²) in [6.07, 6.45) is 2.26. The molecule has 1 aromatic rings. The number of aromatic nitrogens is 1. The molecule has 3 rings (SSSR count). The number of hydrogen-bond donors (Lipinski definition) is 2. The molecule has 164 valence electrons. The zero-order chi connectivity index (χ0) is 21.7. The Bertz CT molecular complexity index is 791. The van der Waals surface area contributed by atoms with Crippen LogP contribution in [0.25, 0.3) is 0 Å². The van der Waals surface area contributed by atoms with Crippen molar-refractivity contribution in [2.75, 3.05) is 26.0 Å².